The molecule has 1 aliphatic carbocycles. The number of nitrogens with zero attached hydrogens (tertiary/aromatic N) is 2. The third-order valence-electron chi connectivity index (χ3n) is 4.41. The standard InChI is InChI=1S/C15H23N3/c1-11-14(18(2)13-3-4-13)7-10-17-15(11)12-5-8-16-9-6-12/h7,10,12-13,16H,3-6,8-9H2,1-2H3. The predicted molar refractivity (Wildman–Crippen MR) is 75.2 cm³/mol. The van der Waals surface area contributed by atoms with Gasteiger partial charge in [-0.05, 0) is 57.3 Å². The van der Waals surface area contributed by atoms with Gasteiger partial charge in [0.1, 0.15) is 0 Å². The number of hydrogen-bond donors (Lipinski definition) is 1. The van der Waals surface area contributed by atoms with Gasteiger partial charge in [-0.2, -0.15) is 0 Å². The molecule has 3 rings (SSSR count). The zero-order valence-electron chi connectivity index (χ0n) is 11.4. The molecule has 0 atom stereocenters. The number of aromatic nitrogens is 1. The summed E-state index contributed by atoms with van der Waals surface area (Å²) in [5.41, 5.74) is 4.13. The molecular weight excluding hydrogens is 222 g/mol. The van der Waals surface area contributed by atoms with E-state index in [-0.39, 0.29) is 0 Å². The van der Waals surface area contributed by atoms with Crippen LogP contribution in [0.25, 0.3) is 0 Å². The molecule has 1 aromatic heterocycles. The van der Waals surface area contributed by atoms with Crippen molar-refractivity contribution in [3.8, 4) is 0 Å². The second-order valence-electron chi connectivity index (χ2n) is 5.71. The molecule has 1 aromatic rings. The highest BCUT2D eigenvalue weighted by Crippen LogP contribution is 2.35. The normalized spacial score (nSPS) is 21.0. The van der Waals surface area contributed by atoms with E-state index in [2.05, 4.69) is 35.2 Å². The van der Waals surface area contributed by atoms with Crippen molar-refractivity contribution < 1.29 is 0 Å². The fourth-order valence-corrected chi connectivity index (χ4v) is 3.09. The van der Waals surface area contributed by atoms with E-state index in [9.17, 15) is 0 Å². The van der Waals surface area contributed by atoms with E-state index in [4.69, 9.17) is 0 Å². The number of nitrogens with one attached hydrogen (secondary N) is 1. The van der Waals surface area contributed by atoms with Gasteiger partial charge in [-0.3, -0.25) is 4.98 Å². The molecule has 1 saturated carbocycles. The Kier molecular flexibility index (Phi) is 3.25. The largest absolute Gasteiger partial charge is 0.371 e. The Bertz CT molecular complexity index is 420. The lowest BCUT2D eigenvalue weighted by Gasteiger charge is -2.27. The first-order valence-corrected chi connectivity index (χ1v) is 7.16. The molecule has 0 aromatic carbocycles. The molecule has 0 unspecified atom stereocenters. The summed E-state index contributed by atoms with van der Waals surface area (Å²) in [6.07, 6.45) is 7.15. The molecule has 0 radical (unpaired) electrons. The maximum Gasteiger partial charge on any atom is 0.0485 e. The van der Waals surface area contributed by atoms with Crippen LogP contribution in [0.4, 0.5) is 5.69 Å². The number of piperidine rings is 1. The molecule has 1 N–H and O–H groups in total. The molecule has 98 valence electrons. The number of hydrogen-bond acceptors (Lipinski definition) is 3. The highest BCUT2D eigenvalue weighted by atomic mass is 15.2. The Morgan fingerprint density at radius 1 is 1.22 bits per heavy atom. The first kappa shape index (κ1) is 12.0. The minimum absolute atomic E-state index is 0.652. The summed E-state index contributed by atoms with van der Waals surface area (Å²) in [5.74, 6) is 0.652. The fourth-order valence-electron chi connectivity index (χ4n) is 3.09. The molecule has 0 bridgehead atoms. The zero-order chi connectivity index (χ0) is 12.5. The van der Waals surface area contributed by atoms with Crippen LogP contribution in [0.15, 0.2) is 12.3 Å². The molecule has 2 heterocycles. The Morgan fingerprint density at radius 2 is 1.94 bits per heavy atom. The number of pyridine rings is 1. The Morgan fingerprint density at radius 3 is 2.61 bits per heavy atom. The SMILES string of the molecule is Cc1c(N(C)C2CC2)ccnc1C1CCNCC1. The first-order valence-electron chi connectivity index (χ1n) is 7.16. The van der Waals surface area contributed by atoms with Gasteiger partial charge >= 0.3 is 0 Å². The van der Waals surface area contributed by atoms with Crippen LogP contribution in [0, 0.1) is 6.92 Å². The molecule has 3 nitrogen and oxygen atoms in total. The smallest absolute Gasteiger partial charge is 0.0485 e. The topological polar surface area (TPSA) is 28.2 Å². The number of anilines is 1. The quantitative estimate of drug-likeness (QED) is 0.886. The Balaban J connectivity index is 1.87. The van der Waals surface area contributed by atoms with E-state index in [1.165, 1.54) is 42.6 Å². The Labute approximate surface area is 110 Å². The van der Waals surface area contributed by atoms with Crippen LogP contribution in [0.5, 0.6) is 0 Å². The lowest BCUT2D eigenvalue weighted by Crippen LogP contribution is -2.28. The van der Waals surface area contributed by atoms with Crippen LogP contribution < -0.4 is 10.2 Å². The van der Waals surface area contributed by atoms with Crippen molar-refractivity contribution in [3.63, 3.8) is 0 Å². The van der Waals surface area contributed by atoms with Gasteiger partial charge < -0.3 is 10.2 Å². The third kappa shape index (κ3) is 2.24. The molecule has 0 spiro atoms. The molecule has 2 fully saturated rings. The van der Waals surface area contributed by atoms with Gasteiger partial charge in [-0.25, -0.2) is 0 Å². The summed E-state index contributed by atoms with van der Waals surface area (Å²) in [6.45, 7) is 4.52. The third-order valence-corrected chi connectivity index (χ3v) is 4.41. The van der Waals surface area contributed by atoms with E-state index in [0.717, 1.165) is 19.1 Å². The van der Waals surface area contributed by atoms with Crippen LogP contribution in [-0.4, -0.2) is 31.2 Å². The highest BCUT2D eigenvalue weighted by Gasteiger charge is 2.28. The maximum absolute atomic E-state index is 4.67. The summed E-state index contributed by atoms with van der Waals surface area (Å²) in [5, 5.41) is 3.43. The average Bonchev–Trinajstić information content (AvgIpc) is 3.24. The van der Waals surface area contributed by atoms with Crippen molar-refractivity contribution in [2.75, 3.05) is 25.0 Å². The van der Waals surface area contributed by atoms with E-state index in [1.54, 1.807) is 0 Å². The predicted octanol–water partition coefficient (Wildman–Crippen LogP) is 2.46. The van der Waals surface area contributed by atoms with Crippen molar-refractivity contribution in [2.24, 2.45) is 0 Å². The summed E-state index contributed by atoms with van der Waals surface area (Å²) in [6, 6.07) is 2.95. The van der Waals surface area contributed by atoms with Gasteiger partial charge in [0.2, 0.25) is 0 Å². The van der Waals surface area contributed by atoms with Crippen molar-refractivity contribution in [1.82, 2.24) is 10.3 Å². The number of rotatable bonds is 3. The summed E-state index contributed by atoms with van der Waals surface area (Å²) in [7, 11) is 2.23. The van der Waals surface area contributed by atoms with Gasteiger partial charge in [0.25, 0.3) is 0 Å². The van der Waals surface area contributed by atoms with Gasteiger partial charge in [0, 0.05) is 36.6 Å². The van der Waals surface area contributed by atoms with Gasteiger partial charge in [-0.15, -0.1) is 0 Å². The van der Waals surface area contributed by atoms with Crippen molar-refractivity contribution in [1.29, 1.82) is 0 Å². The molecule has 0 amide bonds. The van der Waals surface area contributed by atoms with Gasteiger partial charge in [0.05, 0.1) is 0 Å². The van der Waals surface area contributed by atoms with E-state index in [0.29, 0.717) is 5.92 Å². The molecule has 18 heavy (non-hydrogen) atoms. The molecule has 1 saturated heterocycles. The monoisotopic (exact) mass is 245 g/mol. The van der Waals surface area contributed by atoms with Crippen LogP contribution >= 0.6 is 0 Å². The minimum Gasteiger partial charge on any atom is -0.371 e. The molecule has 3 heteroatoms. The average molecular weight is 245 g/mol. The van der Waals surface area contributed by atoms with Crippen molar-refractivity contribution in [3.05, 3.63) is 23.5 Å². The molecular formula is C15H23N3. The summed E-state index contributed by atoms with van der Waals surface area (Å²) < 4.78 is 0. The lowest BCUT2D eigenvalue weighted by atomic mass is 9.91. The second-order valence-corrected chi connectivity index (χ2v) is 5.71. The zero-order valence-corrected chi connectivity index (χ0v) is 11.4. The van der Waals surface area contributed by atoms with Crippen LogP contribution in [0.2, 0.25) is 0 Å². The second kappa shape index (κ2) is 4.88. The van der Waals surface area contributed by atoms with Crippen molar-refractivity contribution in [2.45, 2.75) is 44.6 Å². The van der Waals surface area contributed by atoms with E-state index < -0.39 is 0 Å². The first-order chi connectivity index (χ1) is 8.77. The lowest BCUT2D eigenvalue weighted by molar-refractivity contribution is 0.452. The van der Waals surface area contributed by atoms with E-state index in [1.807, 2.05) is 6.20 Å². The van der Waals surface area contributed by atoms with Crippen LogP contribution in [0.3, 0.4) is 0 Å². The maximum atomic E-state index is 4.67. The van der Waals surface area contributed by atoms with Crippen LogP contribution in [-0.2, 0) is 0 Å². The molecule has 2 aliphatic rings. The van der Waals surface area contributed by atoms with Gasteiger partial charge in [0.15, 0.2) is 0 Å². The summed E-state index contributed by atoms with van der Waals surface area (Å²) >= 11 is 0. The fraction of sp³-hybridized carbons (Fsp3) is 0.667. The van der Waals surface area contributed by atoms with Gasteiger partial charge in [-0.1, -0.05) is 0 Å². The Hall–Kier alpha value is -1.09. The minimum atomic E-state index is 0.652. The highest BCUT2D eigenvalue weighted by molar-refractivity contribution is 5.55. The van der Waals surface area contributed by atoms with Crippen LogP contribution in [0.1, 0.15) is 42.9 Å². The van der Waals surface area contributed by atoms with E-state index >= 15 is 0 Å². The van der Waals surface area contributed by atoms with Crippen molar-refractivity contribution >= 4 is 5.69 Å². The summed E-state index contributed by atoms with van der Waals surface area (Å²) in [4.78, 5) is 7.12. The molecule has 1 aliphatic heterocycles.